The van der Waals surface area contributed by atoms with Crippen molar-refractivity contribution in [2.45, 2.75) is 16.7 Å². The minimum Gasteiger partial charge on any atom is -0.358 e. The second-order valence-corrected chi connectivity index (χ2v) is 4.61. The molecular formula is C12H10N2O2S. The van der Waals surface area contributed by atoms with Crippen LogP contribution in [-0.4, -0.2) is 9.91 Å². The van der Waals surface area contributed by atoms with Gasteiger partial charge in [0.15, 0.2) is 0 Å². The standard InChI is InChI=1S/C12H10N2O2S/c1-9-4-6-10(7-5-9)17-11-3-2-8-13-12(11)14(15)16/h2-8H,1H3. The van der Waals surface area contributed by atoms with Gasteiger partial charge in [-0.15, -0.1) is 0 Å². The molecule has 0 N–H and O–H groups in total. The van der Waals surface area contributed by atoms with Gasteiger partial charge in [0.1, 0.15) is 11.1 Å². The van der Waals surface area contributed by atoms with E-state index in [-0.39, 0.29) is 5.82 Å². The smallest absolute Gasteiger partial charge is 0.358 e. The SMILES string of the molecule is Cc1ccc(Sc2cccnc2[N+](=O)[O-])cc1. The minimum absolute atomic E-state index is 0.0990. The van der Waals surface area contributed by atoms with Crippen molar-refractivity contribution in [3.8, 4) is 0 Å². The Bertz CT molecular complexity index is 540. The predicted molar refractivity (Wildman–Crippen MR) is 66.2 cm³/mol. The maximum atomic E-state index is 10.8. The van der Waals surface area contributed by atoms with Crippen LogP contribution < -0.4 is 0 Å². The van der Waals surface area contributed by atoms with Crippen LogP contribution in [0.15, 0.2) is 52.4 Å². The van der Waals surface area contributed by atoms with Gasteiger partial charge < -0.3 is 10.1 Å². The Kier molecular flexibility index (Phi) is 3.39. The average Bonchev–Trinajstić information content (AvgIpc) is 2.32. The number of hydrogen-bond acceptors (Lipinski definition) is 4. The Morgan fingerprint density at radius 2 is 1.94 bits per heavy atom. The van der Waals surface area contributed by atoms with Gasteiger partial charge in [0, 0.05) is 4.90 Å². The molecule has 0 saturated heterocycles. The molecule has 0 bridgehead atoms. The fourth-order valence-electron chi connectivity index (χ4n) is 1.33. The zero-order valence-corrected chi connectivity index (χ0v) is 9.98. The Morgan fingerprint density at radius 3 is 2.59 bits per heavy atom. The summed E-state index contributed by atoms with van der Waals surface area (Å²) in [5.74, 6) is -0.0990. The van der Waals surface area contributed by atoms with E-state index in [1.807, 2.05) is 31.2 Å². The summed E-state index contributed by atoms with van der Waals surface area (Å²) in [6.07, 6.45) is 1.43. The zero-order chi connectivity index (χ0) is 12.3. The summed E-state index contributed by atoms with van der Waals surface area (Å²) in [7, 11) is 0. The van der Waals surface area contributed by atoms with Crippen LogP contribution in [-0.2, 0) is 0 Å². The molecule has 86 valence electrons. The first-order valence-corrected chi connectivity index (χ1v) is 5.82. The molecule has 5 heteroatoms. The molecular weight excluding hydrogens is 236 g/mol. The summed E-state index contributed by atoms with van der Waals surface area (Å²) in [6, 6.07) is 11.2. The molecule has 0 aliphatic rings. The molecule has 0 fully saturated rings. The largest absolute Gasteiger partial charge is 0.377 e. The molecule has 0 aliphatic carbocycles. The van der Waals surface area contributed by atoms with Gasteiger partial charge in [-0.25, -0.2) is 0 Å². The van der Waals surface area contributed by atoms with Gasteiger partial charge in [-0.2, -0.15) is 0 Å². The molecule has 1 aromatic heterocycles. The van der Waals surface area contributed by atoms with Crippen molar-refractivity contribution in [1.29, 1.82) is 0 Å². The van der Waals surface area contributed by atoms with E-state index in [1.165, 1.54) is 18.0 Å². The first-order valence-electron chi connectivity index (χ1n) is 5.01. The number of nitrogens with zero attached hydrogens (tertiary/aromatic N) is 2. The van der Waals surface area contributed by atoms with Crippen LogP contribution in [0.5, 0.6) is 0 Å². The number of hydrogen-bond donors (Lipinski definition) is 0. The summed E-state index contributed by atoms with van der Waals surface area (Å²) in [5.41, 5.74) is 1.16. The summed E-state index contributed by atoms with van der Waals surface area (Å²) < 4.78 is 0. The topological polar surface area (TPSA) is 56.0 Å². The normalized spacial score (nSPS) is 10.2. The third-order valence-corrected chi connectivity index (χ3v) is 3.22. The minimum atomic E-state index is -0.462. The Morgan fingerprint density at radius 1 is 1.24 bits per heavy atom. The van der Waals surface area contributed by atoms with Gasteiger partial charge in [0.25, 0.3) is 0 Å². The van der Waals surface area contributed by atoms with Crippen LogP contribution in [0.25, 0.3) is 0 Å². The van der Waals surface area contributed by atoms with Crippen LogP contribution in [0.4, 0.5) is 5.82 Å². The van der Waals surface area contributed by atoms with E-state index in [9.17, 15) is 10.1 Å². The van der Waals surface area contributed by atoms with Gasteiger partial charge >= 0.3 is 5.82 Å². The first kappa shape index (κ1) is 11.6. The monoisotopic (exact) mass is 246 g/mol. The Labute approximate surface area is 103 Å². The summed E-state index contributed by atoms with van der Waals surface area (Å²) >= 11 is 1.35. The summed E-state index contributed by atoms with van der Waals surface area (Å²) in [5, 5.41) is 10.8. The van der Waals surface area contributed by atoms with Crippen molar-refractivity contribution >= 4 is 17.6 Å². The fourth-order valence-corrected chi connectivity index (χ4v) is 2.22. The molecule has 1 heterocycles. The highest BCUT2D eigenvalue weighted by atomic mass is 32.2. The lowest BCUT2D eigenvalue weighted by Gasteiger charge is -2.02. The molecule has 1 aromatic carbocycles. The molecule has 2 aromatic rings. The highest BCUT2D eigenvalue weighted by Crippen LogP contribution is 2.32. The molecule has 0 atom stereocenters. The van der Waals surface area contributed by atoms with Gasteiger partial charge in [-0.3, -0.25) is 0 Å². The number of aryl methyl sites for hydroxylation is 1. The van der Waals surface area contributed by atoms with Gasteiger partial charge in [-0.1, -0.05) is 29.5 Å². The summed E-state index contributed by atoms with van der Waals surface area (Å²) in [4.78, 5) is 15.6. The lowest BCUT2D eigenvalue weighted by molar-refractivity contribution is -0.392. The number of rotatable bonds is 3. The number of aromatic nitrogens is 1. The van der Waals surface area contributed by atoms with E-state index < -0.39 is 4.92 Å². The quantitative estimate of drug-likeness (QED) is 0.614. The average molecular weight is 246 g/mol. The highest BCUT2D eigenvalue weighted by molar-refractivity contribution is 7.99. The van der Waals surface area contributed by atoms with E-state index in [0.29, 0.717) is 4.90 Å². The maximum absolute atomic E-state index is 10.8. The lowest BCUT2D eigenvalue weighted by Crippen LogP contribution is -1.93. The van der Waals surface area contributed by atoms with Crippen LogP contribution in [0.3, 0.4) is 0 Å². The molecule has 0 spiro atoms. The number of benzene rings is 1. The van der Waals surface area contributed by atoms with E-state index in [4.69, 9.17) is 0 Å². The van der Waals surface area contributed by atoms with Crippen molar-refractivity contribution in [3.63, 3.8) is 0 Å². The maximum Gasteiger partial charge on any atom is 0.377 e. The lowest BCUT2D eigenvalue weighted by atomic mass is 10.2. The van der Waals surface area contributed by atoms with Crippen molar-refractivity contribution in [2.24, 2.45) is 0 Å². The van der Waals surface area contributed by atoms with Crippen LogP contribution in [0, 0.1) is 17.0 Å². The summed E-state index contributed by atoms with van der Waals surface area (Å²) in [6.45, 7) is 2.00. The third-order valence-electron chi connectivity index (χ3n) is 2.17. The number of pyridine rings is 1. The van der Waals surface area contributed by atoms with Crippen LogP contribution in [0.1, 0.15) is 5.56 Å². The molecule has 17 heavy (non-hydrogen) atoms. The van der Waals surface area contributed by atoms with Crippen LogP contribution in [0.2, 0.25) is 0 Å². The van der Waals surface area contributed by atoms with Crippen molar-refractivity contribution in [3.05, 3.63) is 58.3 Å². The van der Waals surface area contributed by atoms with E-state index in [2.05, 4.69) is 4.98 Å². The Hall–Kier alpha value is -1.88. The van der Waals surface area contributed by atoms with Crippen LogP contribution >= 0.6 is 11.8 Å². The molecule has 0 unspecified atom stereocenters. The highest BCUT2D eigenvalue weighted by Gasteiger charge is 2.14. The van der Waals surface area contributed by atoms with Crippen molar-refractivity contribution < 1.29 is 4.92 Å². The molecule has 0 radical (unpaired) electrons. The first-order chi connectivity index (χ1) is 8.16. The fraction of sp³-hybridized carbons (Fsp3) is 0.0833. The zero-order valence-electron chi connectivity index (χ0n) is 9.16. The second kappa shape index (κ2) is 4.97. The van der Waals surface area contributed by atoms with Gasteiger partial charge in [0.2, 0.25) is 0 Å². The van der Waals surface area contributed by atoms with Crippen molar-refractivity contribution in [2.75, 3.05) is 0 Å². The van der Waals surface area contributed by atoms with Crippen molar-refractivity contribution in [1.82, 2.24) is 4.98 Å². The molecule has 0 saturated carbocycles. The Balaban J connectivity index is 2.30. The molecule has 0 aliphatic heterocycles. The van der Waals surface area contributed by atoms with Gasteiger partial charge in [0.05, 0.1) is 0 Å². The molecule has 2 rings (SSSR count). The van der Waals surface area contributed by atoms with E-state index in [1.54, 1.807) is 12.1 Å². The number of nitro groups is 1. The molecule has 0 amide bonds. The van der Waals surface area contributed by atoms with E-state index in [0.717, 1.165) is 10.5 Å². The predicted octanol–water partition coefficient (Wildman–Crippen LogP) is 3.45. The third kappa shape index (κ3) is 2.82. The molecule has 4 nitrogen and oxygen atoms in total. The second-order valence-electron chi connectivity index (χ2n) is 3.50. The van der Waals surface area contributed by atoms with Gasteiger partial charge in [-0.05, 0) is 41.1 Å². The van der Waals surface area contributed by atoms with E-state index >= 15 is 0 Å².